The van der Waals surface area contributed by atoms with Gasteiger partial charge in [-0.1, -0.05) is 18.1 Å². The quantitative estimate of drug-likeness (QED) is 0.400. The minimum Gasteiger partial charge on any atom is -0.477 e. The van der Waals surface area contributed by atoms with Crippen molar-refractivity contribution in [3.63, 3.8) is 0 Å². The van der Waals surface area contributed by atoms with Crippen LogP contribution < -0.4 is 0 Å². The second-order valence-corrected chi connectivity index (χ2v) is 9.88. The van der Waals surface area contributed by atoms with E-state index in [-0.39, 0.29) is 10.1 Å². The summed E-state index contributed by atoms with van der Waals surface area (Å²) in [5.74, 6) is 5.69. The predicted molar refractivity (Wildman–Crippen MR) is 136 cm³/mol. The molecule has 1 unspecified atom stereocenters. The summed E-state index contributed by atoms with van der Waals surface area (Å²) >= 11 is 2.33. The van der Waals surface area contributed by atoms with Crippen LogP contribution in [0, 0.1) is 11.8 Å². The highest BCUT2D eigenvalue weighted by Gasteiger charge is 2.23. The number of hydrogen-bond acceptors (Lipinski definition) is 7. The van der Waals surface area contributed by atoms with E-state index in [2.05, 4.69) is 11.8 Å². The van der Waals surface area contributed by atoms with Gasteiger partial charge < -0.3 is 14.6 Å². The number of hydrogen-bond donors (Lipinski definition) is 2. The smallest absolute Gasteiger partial charge is 0.345 e. The highest BCUT2D eigenvalue weighted by atomic mass is 32.2. The summed E-state index contributed by atoms with van der Waals surface area (Å²) in [5.41, 5.74) is 1.83. The van der Waals surface area contributed by atoms with Crippen LogP contribution in [0.1, 0.15) is 37.9 Å². The van der Waals surface area contributed by atoms with Crippen LogP contribution in [0.5, 0.6) is 0 Å². The molecule has 1 atom stereocenters. The SMILES string of the molecule is O=C(O)c1ccc(CCN2C(=O)SC=CN2CCC(O)Cc2cccc(C#Cc3ccco3)c2)s1. The van der Waals surface area contributed by atoms with Crippen molar-refractivity contribution in [3.05, 3.63) is 93.0 Å². The largest absolute Gasteiger partial charge is 0.477 e. The number of thioether (sulfide) groups is 1. The number of hydrazine groups is 1. The standard InChI is InChI=1S/C26H24N2O5S2/c29-21(18-20-4-1-3-19(17-20)6-7-22-5-2-15-33-22)10-12-27-14-16-34-26(32)28(27)13-11-23-8-9-24(35-23)25(30)31/h1-5,8-9,14-17,21,29H,10-13,18H2,(H,30,31). The van der Waals surface area contributed by atoms with Crippen molar-refractivity contribution in [2.45, 2.75) is 25.4 Å². The first-order valence-corrected chi connectivity index (χ1v) is 12.7. The Morgan fingerprint density at radius 3 is 2.77 bits per heavy atom. The van der Waals surface area contributed by atoms with E-state index in [9.17, 15) is 14.7 Å². The van der Waals surface area contributed by atoms with Gasteiger partial charge in [0, 0.05) is 36.2 Å². The Bertz CT molecular complexity index is 1260. The highest BCUT2D eigenvalue weighted by molar-refractivity contribution is 8.16. The maximum atomic E-state index is 12.5. The topological polar surface area (TPSA) is 94.2 Å². The van der Waals surface area contributed by atoms with Crippen LogP contribution >= 0.6 is 23.1 Å². The van der Waals surface area contributed by atoms with Gasteiger partial charge in [0.2, 0.25) is 0 Å². The minimum absolute atomic E-state index is 0.0974. The summed E-state index contributed by atoms with van der Waals surface area (Å²) in [6, 6.07) is 14.7. The molecule has 0 saturated carbocycles. The van der Waals surface area contributed by atoms with Gasteiger partial charge >= 0.3 is 11.2 Å². The monoisotopic (exact) mass is 508 g/mol. The van der Waals surface area contributed by atoms with E-state index in [0.29, 0.717) is 38.1 Å². The number of rotatable bonds is 9. The number of carboxylic acid groups (broad SMARTS) is 1. The number of aromatic carboxylic acids is 1. The molecule has 7 nitrogen and oxygen atoms in total. The van der Waals surface area contributed by atoms with E-state index in [4.69, 9.17) is 9.52 Å². The van der Waals surface area contributed by atoms with Crippen LogP contribution in [0.4, 0.5) is 4.79 Å². The third-order valence-corrected chi connectivity index (χ3v) is 7.11. The third kappa shape index (κ3) is 7.02. The molecule has 180 valence electrons. The Morgan fingerprint density at radius 1 is 1.11 bits per heavy atom. The molecule has 4 rings (SSSR count). The molecule has 1 aromatic carbocycles. The summed E-state index contributed by atoms with van der Waals surface area (Å²) in [7, 11) is 0. The third-order valence-electron chi connectivity index (χ3n) is 5.31. The molecule has 0 bridgehead atoms. The lowest BCUT2D eigenvalue weighted by molar-refractivity contribution is 0.0548. The highest BCUT2D eigenvalue weighted by Crippen LogP contribution is 2.23. The molecular weight excluding hydrogens is 484 g/mol. The molecule has 2 N–H and O–H groups in total. The molecule has 35 heavy (non-hydrogen) atoms. The van der Waals surface area contributed by atoms with Crippen LogP contribution in [-0.4, -0.2) is 50.6 Å². The van der Waals surface area contributed by atoms with Gasteiger partial charge in [-0.25, -0.2) is 9.80 Å². The molecule has 3 heterocycles. The van der Waals surface area contributed by atoms with E-state index in [0.717, 1.165) is 27.8 Å². The van der Waals surface area contributed by atoms with E-state index < -0.39 is 12.1 Å². The van der Waals surface area contributed by atoms with Gasteiger partial charge in [0.05, 0.1) is 12.4 Å². The molecule has 0 spiro atoms. The number of carbonyl (C=O) groups excluding carboxylic acids is 1. The molecule has 0 fully saturated rings. The molecule has 0 aliphatic carbocycles. The Balaban J connectivity index is 1.31. The van der Waals surface area contributed by atoms with Gasteiger partial charge in [-0.2, -0.15) is 0 Å². The summed E-state index contributed by atoms with van der Waals surface area (Å²) < 4.78 is 5.23. The van der Waals surface area contributed by atoms with Crippen LogP contribution in [0.2, 0.25) is 0 Å². The van der Waals surface area contributed by atoms with Crippen molar-refractivity contribution in [1.82, 2.24) is 10.0 Å². The van der Waals surface area contributed by atoms with E-state index >= 15 is 0 Å². The first kappa shape index (κ1) is 24.7. The van der Waals surface area contributed by atoms with Crippen LogP contribution in [0.3, 0.4) is 0 Å². The zero-order valence-corrected chi connectivity index (χ0v) is 20.4. The van der Waals surface area contributed by atoms with Gasteiger partial charge in [-0.3, -0.25) is 9.80 Å². The first-order chi connectivity index (χ1) is 17.0. The summed E-state index contributed by atoms with van der Waals surface area (Å²) in [6.07, 6.45) is 4.34. The molecule has 9 heteroatoms. The fraction of sp³-hybridized carbons (Fsp3) is 0.231. The number of benzene rings is 1. The van der Waals surface area contributed by atoms with Gasteiger partial charge in [0.1, 0.15) is 4.88 Å². The molecule has 0 saturated heterocycles. The van der Waals surface area contributed by atoms with E-state index in [1.165, 1.54) is 11.3 Å². The molecule has 1 aliphatic heterocycles. The van der Waals surface area contributed by atoms with Gasteiger partial charge in [-0.05, 0) is 77.9 Å². The van der Waals surface area contributed by atoms with Crippen LogP contribution in [0.15, 0.2) is 70.8 Å². The first-order valence-electron chi connectivity index (χ1n) is 11.0. The van der Waals surface area contributed by atoms with Crippen molar-refractivity contribution in [2.75, 3.05) is 13.1 Å². The Hall–Kier alpha value is -3.45. The van der Waals surface area contributed by atoms with Gasteiger partial charge in [-0.15, -0.1) is 11.3 Å². The Morgan fingerprint density at radius 2 is 2.00 bits per heavy atom. The number of carboxylic acids is 1. The molecule has 1 aliphatic rings. The average Bonchev–Trinajstić information content (AvgIpc) is 3.53. The van der Waals surface area contributed by atoms with Crippen molar-refractivity contribution in [1.29, 1.82) is 0 Å². The number of furan rings is 1. The Labute approximate surface area is 211 Å². The van der Waals surface area contributed by atoms with Gasteiger partial charge in [0.25, 0.3) is 0 Å². The summed E-state index contributed by atoms with van der Waals surface area (Å²) in [5, 5.41) is 24.9. The predicted octanol–water partition coefficient (Wildman–Crippen LogP) is 4.83. The summed E-state index contributed by atoms with van der Waals surface area (Å²) in [6.45, 7) is 0.912. The molecular formula is C26H24N2O5S2. The minimum atomic E-state index is -0.945. The number of aliphatic hydroxyl groups is 1. The molecule has 1 amide bonds. The number of nitrogens with zero attached hydrogens (tertiary/aromatic N) is 2. The normalized spacial score (nSPS) is 14.0. The zero-order valence-electron chi connectivity index (χ0n) is 18.8. The van der Waals surface area contributed by atoms with Crippen molar-refractivity contribution < 1.29 is 24.2 Å². The van der Waals surface area contributed by atoms with E-state index in [1.54, 1.807) is 40.9 Å². The fourth-order valence-electron chi connectivity index (χ4n) is 3.58. The maximum absolute atomic E-state index is 12.5. The lowest BCUT2D eigenvalue weighted by atomic mass is 10.0. The molecule has 3 aromatic rings. The van der Waals surface area contributed by atoms with Crippen molar-refractivity contribution >= 4 is 34.3 Å². The molecule has 2 aromatic heterocycles. The lowest BCUT2D eigenvalue weighted by Crippen LogP contribution is -2.45. The second-order valence-electron chi connectivity index (χ2n) is 7.85. The second kappa shape index (κ2) is 11.8. The number of aliphatic hydroxyl groups excluding tert-OH is 1. The van der Waals surface area contributed by atoms with Crippen molar-refractivity contribution in [3.8, 4) is 11.8 Å². The summed E-state index contributed by atoms with van der Waals surface area (Å²) in [4.78, 5) is 24.8. The zero-order chi connectivity index (χ0) is 24.6. The van der Waals surface area contributed by atoms with Crippen LogP contribution in [0.25, 0.3) is 0 Å². The van der Waals surface area contributed by atoms with E-state index in [1.807, 2.05) is 35.5 Å². The molecule has 0 radical (unpaired) electrons. The van der Waals surface area contributed by atoms with Gasteiger partial charge in [0.15, 0.2) is 5.76 Å². The fourth-order valence-corrected chi connectivity index (χ4v) is 5.05. The maximum Gasteiger partial charge on any atom is 0.345 e. The average molecular weight is 509 g/mol. The van der Waals surface area contributed by atoms with Crippen molar-refractivity contribution in [2.24, 2.45) is 0 Å². The van der Waals surface area contributed by atoms with Crippen LogP contribution in [-0.2, 0) is 12.8 Å². The lowest BCUT2D eigenvalue weighted by Gasteiger charge is -2.36. The number of thiophene rings is 1. The Kier molecular flexibility index (Phi) is 8.32. The number of carbonyl (C=O) groups is 2. The number of amides is 1.